The van der Waals surface area contributed by atoms with E-state index in [1.165, 1.54) is 6.07 Å². The Bertz CT molecular complexity index is 913. The minimum absolute atomic E-state index is 0.118. The summed E-state index contributed by atoms with van der Waals surface area (Å²) in [5.74, 6) is -0.312. The minimum atomic E-state index is -4.36. The highest BCUT2D eigenvalue weighted by Crippen LogP contribution is 2.38. The van der Waals surface area contributed by atoms with Gasteiger partial charge in [0.05, 0.1) is 11.3 Å². The first-order valence-corrected chi connectivity index (χ1v) is 10.5. The Morgan fingerprint density at radius 1 is 1.17 bits per heavy atom. The van der Waals surface area contributed by atoms with Crippen LogP contribution in [0, 0.1) is 0 Å². The molecule has 3 heterocycles. The lowest BCUT2D eigenvalue weighted by Gasteiger charge is -2.33. The van der Waals surface area contributed by atoms with Gasteiger partial charge in [0.2, 0.25) is 0 Å². The van der Waals surface area contributed by atoms with Gasteiger partial charge in [-0.1, -0.05) is 18.2 Å². The van der Waals surface area contributed by atoms with Crippen LogP contribution >= 0.6 is 0 Å². The number of alkyl halides is 3. The lowest BCUT2D eigenvalue weighted by molar-refractivity contribution is -0.138. The van der Waals surface area contributed by atoms with E-state index in [0.29, 0.717) is 43.2 Å². The summed E-state index contributed by atoms with van der Waals surface area (Å²) in [6.07, 6.45) is -2.54. The maximum absolute atomic E-state index is 13.4. The third-order valence-electron chi connectivity index (χ3n) is 6.38. The molecule has 1 aromatic heterocycles. The number of carbonyl (C=O) groups excluding carboxylic acids is 1. The number of piperidine rings is 1. The average Bonchev–Trinajstić information content (AvgIpc) is 3.16. The van der Waals surface area contributed by atoms with Crippen LogP contribution in [-0.2, 0) is 19.1 Å². The Balaban J connectivity index is 1.44. The summed E-state index contributed by atoms with van der Waals surface area (Å²) in [4.78, 5) is 17.1. The number of aromatic amines is 1. The van der Waals surface area contributed by atoms with Crippen LogP contribution in [0.3, 0.4) is 0 Å². The molecule has 0 bridgehead atoms. The second-order valence-corrected chi connectivity index (χ2v) is 8.50. The Kier molecular flexibility index (Phi) is 5.61. The molecular formula is C22H27F3N4O. The predicted molar refractivity (Wildman–Crippen MR) is 107 cm³/mol. The largest absolute Gasteiger partial charge is 0.416 e. The minimum Gasteiger partial charge on any atom is -0.337 e. The number of fused-ring (bicyclic) bond motifs is 1. The number of hydrogen-bond acceptors (Lipinski definition) is 3. The van der Waals surface area contributed by atoms with E-state index in [1.807, 2.05) is 0 Å². The lowest BCUT2D eigenvalue weighted by atomic mass is 9.86. The van der Waals surface area contributed by atoms with E-state index in [4.69, 9.17) is 0 Å². The number of nitrogens with one attached hydrogen (secondary N) is 1. The van der Waals surface area contributed by atoms with Gasteiger partial charge in [-0.15, -0.1) is 0 Å². The van der Waals surface area contributed by atoms with Crippen molar-refractivity contribution in [3.63, 3.8) is 0 Å². The number of nitrogens with zero attached hydrogens (tertiary/aromatic N) is 3. The van der Waals surface area contributed by atoms with Gasteiger partial charge in [-0.05, 0) is 50.7 Å². The van der Waals surface area contributed by atoms with Crippen LogP contribution in [0.5, 0.6) is 0 Å². The summed E-state index contributed by atoms with van der Waals surface area (Å²) in [5.41, 5.74) is 2.23. The fraction of sp³-hybridized carbons (Fsp3) is 0.545. The second-order valence-electron chi connectivity index (χ2n) is 8.50. The van der Waals surface area contributed by atoms with Gasteiger partial charge in [-0.25, -0.2) is 0 Å². The molecule has 4 rings (SSSR count). The molecule has 30 heavy (non-hydrogen) atoms. The topological polar surface area (TPSA) is 52.2 Å². The van der Waals surface area contributed by atoms with E-state index in [-0.39, 0.29) is 11.8 Å². The van der Waals surface area contributed by atoms with Gasteiger partial charge in [0.15, 0.2) is 5.69 Å². The molecule has 0 spiro atoms. The standard InChI is InChI=1S/C22H27F3N4O/c1-14(2)29-12-9-17-19(13-29)26-27-20(17)21(30)28-10-7-15(8-11-28)16-5-3-4-6-18(16)22(23,24)25/h3-6,14-15H,7-13H2,1-2H3,(H,26,27). The Morgan fingerprint density at radius 3 is 2.53 bits per heavy atom. The van der Waals surface area contributed by atoms with Crippen molar-refractivity contribution in [2.45, 2.75) is 57.8 Å². The summed E-state index contributed by atoms with van der Waals surface area (Å²) < 4.78 is 40.1. The molecule has 2 aliphatic heterocycles. The zero-order valence-corrected chi connectivity index (χ0v) is 17.3. The SMILES string of the molecule is CC(C)N1CCc2c(C(=O)N3CCC(c4ccccc4C(F)(F)F)CC3)n[nH]c2C1. The molecule has 1 N–H and O–H groups in total. The molecule has 2 aliphatic rings. The van der Waals surface area contributed by atoms with Crippen molar-refractivity contribution in [1.82, 2.24) is 20.0 Å². The quantitative estimate of drug-likeness (QED) is 0.809. The van der Waals surface area contributed by atoms with E-state index in [0.717, 1.165) is 36.8 Å². The normalized spacial score (nSPS) is 18.7. The summed E-state index contributed by atoms with van der Waals surface area (Å²) >= 11 is 0. The fourth-order valence-electron chi connectivity index (χ4n) is 4.61. The van der Waals surface area contributed by atoms with E-state index in [1.54, 1.807) is 17.0 Å². The zero-order valence-electron chi connectivity index (χ0n) is 17.3. The summed E-state index contributed by atoms with van der Waals surface area (Å²) in [6.45, 7) is 6.82. The molecule has 8 heteroatoms. The van der Waals surface area contributed by atoms with Gasteiger partial charge in [-0.3, -0.25) is 14.8 Å². The van der Waals surface area contributed by atoms with E-state index < -0.39 is 11.7 Å². The van der Waals surface area contributed by atoms with Gasteiger partial charge in [0, 0.05) is 37.8 Å². The van der Waals surface area contributed by atoms with Crippen LogP contribution < -0.4 is 0 Å². The average molecular weight is 420 g/mol. The molecule has 0 aliphatic carbocycles. The Morgan fingerprint density at radius 2 is 1.87 bits per heavy atom. The number of carbonyl (C=O) groups is 1. The number of hydrogen-bond donors (Lipinski definition) is 1. The highest BCUT2D eigenvalue weighted by molar-refractivity contribution is 5.94. The van der Waals surface area contributed by atoms with Crippen LogP contribution in [0.2, 0.25) is 0 Å². The summed E-state index contributed by atoms with van der Waals surface area (Å²) in [7, 11) is 0. The molecule has 1 saturated heterocycles. The van der Waals surface area contributed by atoms with Crippen molar-refractivity contribution in [1.29, 1.82) is 0 Å². The van der Waals surface area contributed by atoms with Gasteiger partial charge < -0.3 is 4.90 Å². The molecule has 0 saturated carbocycles. The van der Waals surface area contributed by atoms with E-state index >= 15 is 0 Å². The molecule has 162 valence electrons. The molecule has 5 nitrogen and oxygen atoms in total. The van der Waals surface area contributed by atoms with Gasteiger partial charge >= 0.3 is 6.18 Å². The van der Waals surface area contributed by atoms with Crippen LogP contribution in [0.25, 0.3) is 0 Å². The number of aromatic nitrogens is 2. The molecule has 0 radical (unpaired) electrons. The first-order chi connectivity index (χ1) is 14.3. The van der Waals surface area contributed by atoms with Gasteiger partial charge in [0.25, 0.3) is 5.91 Å². The number of benzene rings is 1. The predicted octanol–water partition coefficient (Wildman–Crippen LogP) is 4.21. The van der Waals surface area contributed by atoms with Crippen molar-refractivity contribution in [3.05, 3.63) is 52.3 Å². The van der Waals surface area contributed by atoms with Crippen LogP contribution in [0.1, 0.15) is 65.5 Å². The van der Waals surface area contributed by atoms with Crippen molar-refractivity contribution in [2.24, 2.45) is 0 Å². The van der Waals surface area contributed by atoms with Crippen molar-refractivity contribution >= 4 is 5.91 Å². The Hall–Kier alpha value is -2.35. The third-order valence-corrected chi connectivity index (χ3v) is 6.38. The molecular weight excluding hydrogens is 393 g/mol. The summed E-state index contributed by atoms with van der Waals surface area (Å²) in [6, 6.07) is 6.21. The maximum Gasteiger partial charge on any atom is 0.416 e. The van der Waals surface area contributed by atoms with Crippen LogP contribution in [-0.4, -0.2) is 51.6 Å². The lowest BCUT2D eigenvalue weighted by Crippen LogP contribution is -2.40. The number of rotatable bonds is 3. The summed E-state index contributed by atoms with van der Waals surface area (Å²) in [5, 5.41) is 7.32. The number of halogens is 3. The smallest absolute Gasteiger partial charge is 0.337 e. The highest BCUT2D eigenvalue weighted by atomic mass is 19.4. The monoisotopic (exact) mass is 420 g/mol. The first kappa shape index (κ1) is 20.9. The van der Waals surface area contributed by atoms with Crippen molar-refractivity contribution in [3.8, 4) is 0 Å². The van der Waals surface area contributed by atoms with Crippen molar-refractivity contribution in [2.75, 3.05) is 19.6 Å². The third kappa shape index (κ3) is 3.97. The number of amides is 1. The number of H-pyrrole nitrogens is 1. The second kappa shape index (κ2) is 8.06. The molecule has 2 aromatic rings. The maximum atomic E-state index is 13.4. The van der Waals surface area contributed by atoms with Crippen LogP contribution in [0.15, 0.2) is 24.3 Å². The van der Waals surface area contributed by atoms with E-state index in [9.17, 15) is 18.0 Å². The highest BCUT2D eigenvalue weighted by Gasteiger charge is 2.37. The molecule has 1 aromatic carbocycles. The van der Waals surface area contributed by atoms with Crippen molar-refractivity contribution < 1.29 is 18.0 Å². The Labute approximate surface area is 174 Å². The molecule has 0 unspecified atom stereocenters. The fourth-order valence-corrected chi connectivity index (χ4v) is 4.61. The van der Waals surface area contributed by atoms with E-state index in [2.05, 4.69) is 28.9 Å². The van der Waals surface area contributed by atoms with Crippen LogP contribution in [0.4, 0.5) is 13.2 Å². The van der Waals surface area contributed by atoms with Gasteiger partial charge in [0.1, 0.15) is 0 Å². The molecule has 1 fully saturated rings. The zero-order chi connectivity index (χ0) is 21.5. The molecule has 0 atom stereocenters. The van der Waals surface area contributed by atoms with Gasteiger partial charge in [-0.2, -0.15) is 18.3 Å². The first-order valence-electron chi connectivity index (χ1n) is 10.5. The molecule has 1 amide bonds. The number of likely N-dealkylation sites (tertiary alicyclic amines) is 1.